The van der Waals surface area contributed by atoms with Gasteiger partial charge < -0.3 is 4.74 Å². The lowest BCUT2D eigenvalue weighted by Crippen LogP contribution is -2.34. The van der Waals surface area contributed by atoms with Gasteiger partial charge in [-0.15, -0.1) is 0 Å². The van der Waals surface area contributed by atoms with Gasteiger partial charge in [-0.05, 0) is 12.8 Å². The maximum Gasteiger partial charge on any atom is 0.310 e. The molecular weight excluding hydrogens is 176 g/mol. The Balaban J connectivity index is 1.95. The number of esters is 1. The van der Waals surface area contributed by atoms with E-state index < -0.39 is 0 Å². The maximum absolute atomic E-state index is 11.7. The van der Waals surface area contributed by atoms with Gasteiger partial charge in [-0.1, -0.05) is 24.3 Å². The summed E-state index contributed by atoms with van der Waals surface area (Å²) in [6, 6.07) is 0. The van der Waals surface area contributed by atoms with E-state index in [1.54, 1.807) is 0 Å². The predicted octanol–water partition coefficient (Wildman–Crippen LogP) is 2.21. The molecule has 1 spiro atoms. The summed E-state index contributed by atoms with van der Waals surface area (Å²) in [5.74, 6) is 0.595. The van der Waals surface area contributed by atoms with Crippen LogP contribution in [0.1, 0.15) is 25.7 Å². The third-order valence-corrected chi connectivity index (χ3v) is 3.81. The van der Waals surface area contributed by atoms with Gasteiger partial charge in [0.05, 0.1) is 5.92 Å². The van der Waals surface area contributed by atoms with Gasteiger partial charge in [-0.25, -0.2) is 0 Å². The van der Waals surface area contributed by atoms with Crippen molar-refractivity contribution in [1.29, 1.82) is 0 Å². The van der Waals surface area contributed by atoms with Crippen molar-refractivity contribution in [3.8, 4) is 0 Å². The van der Waals surface area contributed by atoms with Crippen molar-refractivity contribution in [2.75, 3.05) is 0 Å². The van der Waals surface area contributed by atoms with Crippen molar-refractivity contribution in [2.45, 2.75) is 31.3 Å². The zero-order valence-electron chi connectivity index (χ0n) is 8.11. The van der Waals surface area contributed by atoms with Gasteiger partial charge in [0.2, 0.25) is 0 Å². The quantitative estimate of drug-likeness (QED) is 0.432. The van der Waals surface area contributed by atoms with Crippen molar-refractivity contribution in [3.05, 3.63) is 24.3 Å². The molecule has 0 N–H and O–H groups in total. The van der Waals surface area contributed by atoms with Crippen LogP contribution in [0, 0.1) is 11.8 Å². The summed E-state index contributed by atoms with van der Waals surface area (Å²) in [7, 11) is 0. The van der Waals surface area contributed by atoms with Crippen LogP contribution in [-0.2, 0) is 9.53 Å². The molecule has 0 amide bonds. The van der Waals surface area contributed by atoms with Crippen LogP contribution in [0.5, 0.6) is 0 Å². The van der Waals surface area contributed by atoms with Crippen molar-refractivity contribution < 1.29 is 9.53 Å². The molecule has 1 aliphatic heterocycles. The molecule has 1 saturated heterocycles. The second kappa shape index (κ2) is 2.72. The topological polar surface area (TPSA) is 26.3 Å². The van der Waals surface area contributed by atoms with Gasteiger partial charge in [0, 0.05) is 18.8 Å². The standard InChI is InChI=1S/C12H14O2/c13-11-9-5-1-2-6-10(9)12(14-11)7-3-4-8-12/h1-4,9-10H,5-8H2/t9-,10+/m1/s1. The van der Waals surface area contributed by atoms with Crippen LogP contribution < -0.4 is 0 Å². The zero-order chi connectivity index (χ0) is 9.60. The van der Waals surface area contributed by atoms with Gasteiger partial charge >= 0.3 is 5.97 Å². The Labute approximate surface area is 83.6 Å². The Morgan fingerprint density at radius 2 is 1.86 bits per heavy atom. The third kappa shape index (κ3) is 0.941. The smallest absolute Gasteiger partial charge is 0.310 e. The summed E-state index contributed by atoms with van der Waals surface area (Å²) >= 11 is 0. The zero-order valence-corrected chi connectivity index (χ0v) is 8.11. The van der Waals surface area contributed by atoms with Crippen molar-refractivity contribution in [2.24, 2.45) is 11.8 Å². The lowest BCUT2D eigenvalue weighted by molar-refractivity contribution is -0.150. The van der Waals surface area contributed by atoms with E-state index in [0.717, 1.165) is 25.7 Å². The van der Waals surface area contributed by atoms with Gasteiger partial charge in [0.15, 0.2) is 0 Å². The molecule has 2 nitrogen and oxygen atoms in total. The Kier molecular flexibility index (Phi) is 1.61. The van der Waals surface area contributed by atoms with Gasteiger partial charge in [0.25, 0.3) is 0 Å². The van der Waals surface area contributed by atoms with Gasteiger partial charge in [0.1, 0.15) is 5.60 Å². The normalized spacial score (nSPS) is 37.6. The highest BCUT2D eigenvalue weighted by Crippen LogP contribution is 2.49. The van der Waals surface area contributed by atoms with E-state index in [1.165, 1.54) is 0 Å². The van der Waals surface area contributed by atoms with E-state index in [9.17, 15) is 4.79 Å². The van der Waals surface area contributed by atoms with Crippen LogP contribution in [0.15, 0.2) is 24.3 Å². The fourth-order valence-corrected chi connectivity index (χ4v) is 3.04. The molecule has 2 aliphatic carbocycles. The first kappa shape index (κ1) is 8.27. The molecule has 2 atom stereocenters. The van der Waals surface area contributed by atoms with E-state index in [2.05, 4.69) is 24.3 Å². The summed E-state index contributed by atoms with van der Waals surface area (Å²) in [5, 5.41) is 0. The van der Waals surface area contributed by atoms with Gasteiger partial charge in [-0.2, -0.15) is 0 Å². The van der Waals surface area contributed by atoms with Crippen LogP contribution in [0.4, 0.5) is 0 Å². The Morgan fingerprint density at radius 1 is 1.14 bits per heavy atom. The highest BCUT2D eigenvalue weighted by atomic mass is 16.6. The average molecular weight is 190 g/mol. The van der Waals surface area contributed by atoms with Crippen LogP contribution >= 0.6 is 0 Å². The van der Waals surface area contributed by atoms with E-state index in [4.69, 9.17) is 4.74 Å². The molecule has 1 fully saturated rings. The van der Waals surface area contributed by atoms with Crippen LogP contribution in [0.2, 0.25) is 0 Å². The molecule has 0 unspecified atom stereocenters. The first-order valence-corrected chi connectivity index (χ1v) is 5.35. The highest BCUT2D eigenvalue weighted by molar-refractivity contribution is 5.76. The number of hydrogen-bond donors (Lipinski definition) is 0. The molecular formula is C12H14O2. The predicted molar refractivity (Wildman–Crippen MR) is 52.6 cm³/mol. The number of carbonyl (C=O) groups is 1. The largest absolute Gasteiger partial charge is 0.458 e. The molecule has 2 heteroatoms. The van der Waals surface area contributed by atoms with Crippen LogP contribution in [-0.4, -0.2) is 11.6 Å². The number of rotatable bonds is 0. The second-order valence-electron chi connectivity index (χ2n) is 4.52. The minimum Gasteiger partial charge on any atom is -0.458 e. The minimum atomic E-state index is -0.160. The molecule has 74 valence electrons. The molecule has 3 rings (SSSR count). The molecule has 0 bridgehead atoms. The molecule has 0 radical (unpaired) electrons. The second-order valence-corrected chi connectivity index (χ2v) is 4.52. The Hall–Kier alpha value is -1.05. The van der Waals surface area contributed by atoms with E-state index >= 15 is 0 Å². The number of carbonyl (C=O) groups excluding carboxylic acids is 1. The van der Waals surface area contributed by atoms with Crippen LogP contribution in [0.3, 0.4) is 0 Å². The lowest BCUT2D eigenvalue weighted by Gasteiger charge is -2.31. The van der Waals surface area contributed by atoms with E-state index in [-0.39, 0.29) is 17.5 Å². The van der Waals surface area contributed by atoms with E-state index in [0.29, 0.717) is 5.92 Å². The highest BCUT2D eigenvalue weighted by Gasteiger charge is 2.54. The fraction of sp³-hybridized carbons (Fsp3) is 0.583. The molecule has 1 heterocycles. The van der Waals surface area contributed by atoms with E-state index in [1.807, 2.05) is 0 Å². The molecule has 0 aromatic heterocycles. The first-order chi connectivity index (χ1) is 6.82. The first-order valence-electron chi connectivity index (χ1n) is 5.35. The SMILES string of the molecule is O=C1OC2(CC=CC2)[C@H]2CC=CC[C@@H]12. The third-order valence-electron chi connectivity index (χ3n) is 3.81. The maximum atomic E-state index is 11.7. The Morgan fingerprint density at radius 3 is 2.64 bits per heavy atom. The average Bonchev–Trinajstić information content (AvgIpc) is 2.77. The fourth-order valence-electron chi connectivity index (χ4n) is 3.04. The van der Waals surface area contributed by atoms with Crippen molar-refractivity contribution >= 4 is 5.97 Å². The summed E-state index contributed by atoms with van der Waals surface area (Å²) in [5.41, 5.74) is -0.160. The Bertz CT molecular complexity index is 319. The van der Waals surface area contributed by atoms with Crippen molar-refractivity contribution in [1.82, 2.24) is 0 Å². The number of fused-ring (bicyclic) bond motifs is 2. The molecule has 0 aromatic carbocycles. The van der Waals surface area contributed by atoms with Crippen LogP contribution in [0.25, 0.3) is 0 Å². The minimum absolute atomic E-state index is 0.0306. The number of ether oxygens (including phenoxy) is 1. The van der Waals surface area contributed by atoms with Crippen molar-refractivity contribution in [3.63, 3.8) is 0 Å². The molecule has 0 aromatic rings. The summed E-state index contributed by atoms with van der Waals surface area (Å²) in [6.07, 6.45) is 12.3. The number of allylic oxidation sites excluding steroid dienone is 2. The summed E-state index contributed by atoms with van der Waals surface area (Å²) in [4.78, 5) is 11.7. The number of hydrogen-bond acceptors (Lipinski definition) is 2. The molecule has 0 saturated carbocycles. The summed E-state index contributed by atoms with van der Waals surface area (Å²) in [6.45, 7) is 0. The summed E-state index contributed by atoms with van der Waals surface area (Å²) < 4.78 is 5.62. The van der Waals surface area contributed by atoms with Gasteiger partial charge in [-0.3, -0.25) is 4.79 Å². The molecule has 14 heavy (non-hydrogen) atoms. The molecule has 3 aliphatic rings. The monoisotopic (exact) mass is 190 g/mol. The lowest BCUT2D eigenvalue weighted by atomic mass is 9.74.